The second-order valence-corrected chi connectivity index (χ2v) is 3.51. The van der Waals surface area contributed by atoms with Gasteiger partial charge in [-0.25, -0.2) is 5.84 Å². The highest BCUT2D eigenvalue weighted by atomic mass is 16.6. The summed E-state index contributed by atoms with van der Waals surface area (Å²) < 4.78 is 5.33. The van der Waals surface area contributed by atoms with Crippen molar-refractivity contribution in [2.75, 3.05) is 12.0 Å². The van der Waals surface area contributed by atoms with Crippen LogP contribution in [0.4, 0.5) is 11.5 Å². The van der Waals surface area contributed by atoms with Gasteiger partial charge in [0.25, 0.3) is 5.69 Å². The van der Waals surface area contributed by atoms with Crippen molar-refractivity contribution in [3.8, 4) is 5.88 Å². The number of rotatable bonds is 7. The van der Waals surface area contributed by atoms with Crippen LogP contribution in [0.5, 0.6) is 5.88 Å². The number of hydrogen-bond acceptors (Lipinski definition) is 6. The number of nitrogens with zero attached hydrogens (tertiary/aromatic N) is 2. The third-order valence-electron chi connectivity index (χ3n) is 2.14. The standard InChI is InChI=1S/C10H16N4O3/c1-2-3-4-5-17-10-7-8(14(15)16)6-9(12-10)13-11/h6-7H,2-5,11H2,1H3,(H,12,13). The quantitative estimate of drug-likeness (QED) is 0.326. The van der Waals surface area contributed by atoms with E-state index in [0.29, 0.717) is 6.61 Å². The van der Waals surface area contributed by atoms with Crippen LogP contribution in [0.25, 0.3) is 0 Å². The van der Waals surface area contributed by atoms with Gasteiger partial charge in [0.1, 0.15) is 0 Å². The maximum atomic E-state index is 10.7. The van der Waals surface area contributed by atoms with Crippen LogP contribution in [0.3, 0.4) is 0 Å². The van der Waals surface area contributed by atoms with E-state index in [4.69, 9.17) is 10.6 Å². The van der Waals surface area contributed by atoms with Gasteiger partial charge in [-0.15, -0.1) is 0 Å². The highest BCUT2D eigenvalue weighted by Crippen LogP contribution is 2.21. The fourth-order valence-corrected chi connectivity index (χ4v) is 1.27. The number of unbranched alkanes of at least 4 members (excludes halogenated alkanes) is 2. The summed E-state index contributed by atoms with van der Waals surface area (Å²) in [5.74, 6) is 5.60. The molecule has 0 amide bonds. The van der Waals surface area contributed by atoms with Crippen molar-refractivity contribution in [1.82, 2.24) is 4.98 Å². The Morgan fingerprint density at radius 3 is 2.88 bits per heavy atom. The average molecular weight is 240 g/mol. The molecule has 7 heteroatoms. The zero-order chi connectivity index (χ0) is 12.7. The summed E-state index contributed by atoms with van der Waals surface area (Å²) in [7, 11) is 0. The molecule has 0 bridgehead atoms. The third-order valence-corrected chi connectivity index (χ3v) is 2.14. The predicted molar refractivity (Wildman–Crippen MR) is 63.7 cm³/mol. The molecule has 0 saturated heterocycles. The van der Waals surface area contributed by atoms with E-state index < -0.39 is 4.92 Å². The zero-order valence-corrected chi connectivity index (χ0v) is 9.68. The van der Waals surface area contributed by atoms with E-state index in [9.17, 15) is 10.1 Å². The molecule has 0 radical (unpaired) electrons. The highest BCUT2D eigenvalue weighted by Gasteiger charge is 2.11. The lowest BCUT2D eigenvalue weighted by Crippen LogP contribution is -2.10. The van der Waals surface area contributed by atoms with Gasteiger partial charge in [0.2, 0.25) is 5.88 Å². The molecule has 0 aromatic carbocycles. The van der Waals surface area contributed by atoms with Crippen LogP contribution in [0.2, 0.25) is 0 Å². The van der Waals surface area contributed by atoms with Crippen molar-refractivity contribution in [2.45, 2.75) is 26.2 Å². The van der Waals surface area contributed by atoms with Gasteiger partial charge >= 0.3 is 0 Å². The molecule has 1 aromatic rings. The van der Waals surface area contributed by atoms with Crippen LogP contribution < -0.4 is 16.0 Å². The fraction of sp³-hybridized carbons (Fsp3) is 0.500. The van der Waals surface area contributed by atoms with Crippen molar-refractivity contribution in [1.29, 1.82) is 0 Å². The number of hydrazine groups is 1. The molecule has 0 aliphatic rings. The average Bonchev–Trinajstić information content (AvgIpc) is 2.34. The van der Waals surface area contributed by atoms with Crippen LogP contribution in [-0.2, 0) is 0 Å². The first-order chi connectivity index (χ1) is 8.17. The molecule has 94 valence electrons. The number of anilines is 1. The maximum absolute atomic E-state index is 10.7. The molecule has 1 heterocycles. The Hall–Kier alpha value is -1.89. The Kier molecular flexibility index (Phi) is 5.15. The SMILES string of the molecule is CCCCCOc1cc([N+](=O)[O-])cc(NN)n1. The van der Waals surface area contributed by atoms with Gasteiger partial charge in [0.15, 0.2) is 5.82 Å². The van der Waals surface area contributed by atoms with E-state index in [1.165, 1.54) is 12.1 Å². The number of nitrogens with one attached hydrogen (secondary N) is 1. The number of hydrogen-bond donors (Lipinski definition) is 2. The van der Waals surface area contributed by atoms with Crippen molar-refractivity contribution in [3.63, 3.8) is 0 Å². The second kappa shape index (κ2) is 6.64. The lowest BCUT2D eigenvalue weighted by atomic mass is 10.3. The molecule has 0 fully saturated rings. The van der Waals surface area contributed by atoms with Crippen LogP contribution >= 0.6 is 0 Å². The van der Waals surface area contributed by atoms with Gasteiger partial charge in [0, 0.05) is 0 Å². The van der Waals surface area contributed by atoms with E-state index in [1.54, 1.807) is 0 Å². The maximum Gasteiger partial charge on any atom is 0.278 e. The number of pyridine rings is 1. The van der Waals surface area contributed by atoms with E-state index in [0.717, 1.165) is 19.3 Å². The fourth-order valence-electron chi connectivity index (χ4n) is 1.27. The third kappa shape index (κ3) is 4.23. The molecule has 17 heavy (non-hydrogen) atoms. The van der Waals surface area contributed by atoms with Crippen molar-refractivity contribution >= 4 is 11.5 Å². The largest absolute Gasteiger partial charge is 0.477 e. The van der Waals surface area contributed by atoms with Crippen molar-refractivity contribution < 1.29 is 9.66 Å². The summed E-state index contributed by atoms with van der Waals surface area (Å²) in [6.07, 6.45) is 3.03. The van der Waals surface area contributed by atoms with Crippen molar-refractivity contribution in [2.24, 2.45) is 5.84 Å². The monoisotopic (exact) mass is 240 g/mol. The number of ether oxygens (including phenoxy) is 1. The van der Waals surface area contributed by atoms with Gasteiger partial charge in [-0.05, 0) is 6.42 Å². The smallest absolute Gasteiger partial charge is 0.278 e. The first-order valence-corrected chi connectivity index (χ1v) is 5.43. The van der Waals surface area contributed by atoms with Gasteiger partial charge in [-0.2, -0.15) is 4.98 Å². The summed E-state index contributed by atoms with van der Waals surface area (Å²) in [5, 5.41) is 10.7. The Morgan fingerprint density at radius 2 is 2.29 bits per heavy atom. The number of nitrogen functional groups attached to an aromatic ring is 1. The lowest BCUT2D eigenvalue weighted by Gasteiger charge is -2.06. The van der Waals surface area contributed by atoms with Gasteiger partial charge < -0.3 is 10.2 Å². The summed E-state index contributed by atoms with van der Waals surface area (Å²) in [4.78, 5) is 14.1. The first-order valence-electron chi connectivity index (χ1n) is 5.43. The van der Waals surface area contributed by atoms with Gasteiger partial charge in [0.05, 0.1) is 23.7 Å². The van der Waals surface area contributed by atoms with Gasteiger partial charge in [-0.3, -0.25) is 10.1 Å². The lowest BCUT2D eigenvalue weighted by molar-refractivity contribution is -0.384. The number of aromatic nitrogens is 1. The number of nitro groups is 1. The minimum absolute atomic E-state index is 0.0987. The summed E-state index contributed by atoms with van der Waals surface area (Å²) >= 11 is 0. The molecule has 1 aromatic heterocycles. The van der Waals surface area contributed by atoms with Crippen LogP contribution in [-0.4, -0.2) is 16.5 Å². The zero-order valence-electron chi connectivity index (χ0n) is 9.68. The highest BCUT2D eigenvalue weighted by molar-refractivity contribution is 5.47. The first kappa shape index (κ1) is 13.2. The molecular weight excluding hydrogens is 224 g/mol. The molecular formula is C10H16N4O3. The molecule has 0 aliphatic carbocycles. The molecule has 0 unspecified atom stereocenters. The molecule has 1 rings (SSSR count). The van der Waals surface area contributed by atoms with E-state index in [-0.39, 0.29) is 17.4 Å². The molecule has 0 spiro atoms. The molecule has 0 atom stereocenters. The Morgan fingerprint density at radius 1 is 1.53 bits per heavy atom. The Balaban J connectivity index is 2.70. The normalized spacial score (nSPS) is 10.0. The van der Waals surface area contributed by atoms with E-state index in [2.05, 4.69) is 17.3 Å². The summed E-state index contributed by atoms with van der Waals surface area (Å²) in [5.41, 5.74) is 2.17. The van der Waals surface area contributed by atoms with Gasteiger partial charge in [-0.1, -0.05) is 19.8 Å². The molecule has 3 N–H and O–H groups in total. The second-order valence-electron chi connectivity index (χ2n) is 3.51. The minimum Gasteiger partial charge on any atom is -0.477 e. The molecule has 0 saturated carbocycles. The minimum atomic E-state index is -0.512. The van der Waals surface area contributed by atoms with Crippen LogP contribution in [0, 0.1) is 10.1 Å². The Bertz CT molecular complexity index is 384. The summed E-state index contributed by atoms with van der Waals surface area (Å²) in [6, 6.07) is 2.53. The van der Waals surface area contributed by atoms with Crippen LogP contribution in [0.15, 0.2) is 12.1 Å². The number of nitrogens with two attached hydrogens (primary N) is 1. The Labute approximate surface area is 99.1 Å². The topological polar surface area (TPSA) is 103 Å². The summed E-state index contributed by atoms with van der Waals surface area (Å²) in [6.45, 7) is 2.58. The molecule has 0 aliphatic heterocycles. The predicted octanol–water partition coefficient (Wildman–Crippen LogP) is 1.84. The van der Waals surface area contributed by atoms with Crippen molar-refractivity contribution in [3.05, 3.63) is 22.2 Å². The van der Waals surface area contributed by atoms with E-state index >= 15 is 0 Å². The van der Waals surface area contributed by atoms with E-state index in [1.807, 2.05) is 0 Å². The van der Waals surface area contributed by atoms with Crippen LogP contribution in [0.1, 0.15) is 26.2 Å². The molecule has 7 nitrogen and oxygen atoms in total.